The molecule has 7 heteroatoms. The Labute approximate surface area is 144 Å². The van der Waals surface area contributed by atoms with Gasteiger partial charge in [0, 0.05) is 44.3 Å². The molecule has 122 valence electrons. The van der Waals surface area contributed by atoms with Crippen molar-refractivity contribution >= 4 is 17.5 Å². The number of rotatable bonds is 2. The summed E-state index contributed by atoms with van der Waals surface area (Å²) in [6.45, 7) is 0.608. The van der Waals surface area contributed by atoms with Crippen LogP contribution in [0.4, 0.5) is 0 Å². The van der Waals surface area contributed by atoms with Crippen molar-refractivity contribution in [2.45, 2.75) is 12.5 Å². The van der Waals surface area contributed by atoms with E-state index in [0.717, 1.165) is 23.4 Å². The Bertz CT molecular complexity index is 886. The molecular weight excluding hydrogens is 326 g/mol. The SMILES string of the molecule is Cn1cc(Cl)cc1C(=O)N1CCc2[nH]cnc2C1c1cccnc1. The summed E-state index contributed by atoms with van der Waals surface area (Å²) in [4.78, 5) is 26.8. The van der Waals surface area contributed by atoms with Crippen LogP contribution in [0.1, 0.15) is 33.5 Å². The van der Waals surface area contributed by atoms with E-state index < -0.39 is 0 Å². The molecule has 0 bridgehead atoms. The highest BCUT2D eigenvalue weighted by atomic mass is 35.5. The highest BCUT2D eigenvalue weighted by molar-refractivity contribution is 6.31. The first-order valence-corrected chi connectivity index (χ1v) is 8.08. The molecule has 4 heterocycles. The van der Waals surface area contributed by atoms with Gasteiger partial charge in [0.2, 0.25) is 0 Å². The molecule has 3 aromatic rings. The molecule has 6 nitrogen and oxygen atoms in total. The summed E-state index contributed by atoms with van der Waals surface area (Å²) in [7, 11) is 1.82. The van der Waals surface area contributed by atoms with Crippen LogP contribution in [-0.2, 0) is 13.5 Å². The number of halogens is 1. The van der Waals surface area contributed by atoms with Crippen molar-refractivity contribution in [1.29, 1.82) is 0 Å². The molecule has 1 N–H and O–H groups in total. The summed E-state index contributed by atoms with van der Waals surface area (Å²) in [6, 6.07) is 5.29. The second kappa shape index (κ2) is 5.79. The molecule has 0 fully saturated rings. The van der Waals surface area contributed by atoms with Crippen molar-refractivity contribution in [1.82, 2.24) is 24.4 Å². The van der Waals surface area contributed by atoms with E-state index in [-0.39, 0.29) is 11.9 Å². The maximum Gasteiger partial charge on any atom is 0.271 e. The summed E-state index contributed by atoms with van der Waals surface area (Å²) >= 11 is 6.05. The monoisotopic (exact) mass is 341 g/mol. The van der Waals surface area contributed by atoms with Crippen LogP contribution >= 0.6 is 11.6 Å². The number of nitrogens with zero attached hydrogens (tertiary/aromatic N) is 4. The lowest BCUT2D eigenvalue weighted by Gasteiger charge is -2.35. The van der Waals surface area contributed by atoms with E-state index in [9.17, 15) is 4.79 Å². The topological polar surface area (TPSA) is 66.8 Å². The second-order valence-electron chi connectivity index (χ2n) is 5.86. The molecule has 1 atom stereocenters. The lowest BCUT2D eigenvalue weighted by molar-refractivity contribution is 0.0680. The summed E-state index contributed by atoms with van der Waals surface area (Å²) in [5.74, 6) is -0.0631. The number of pyridine rings is 1. The fraction of sp³-hybridized carbons (Fsp3) is 0.235. The quantitative estimate of drug-likeness (QED) is 0.779. The van der Waals surface area contributed by atoms with Gasteiger partial charge in [0.05, 0.1) is 17.0 Å². The standard InChI is InChI=1S/C17H16ClN5O/c1-22-9-12(18)7-14(22)17(24)23-6-4-13-15(21-10-20-13)16(23)11-3-2-5-19-8-11/h2-3,5,7-10,16H,4,6H2,1H3,(H,20,21). The molecule has 0 saturated heterocycles. The predicted molar refractivity (Wildman–Crippen MR) is 89.8 cm³/mol. The lowest BCUT2D eigenvalue weighted by atomic mass is 9.96. The van der Waals surface area contributed by atoms with Gasteiger partial charge < -0.3 is 14.5 Å². The average Bonchev–Trinajstić information content (AvgIpc) is 3.19. The highest BCUT2D eigenvalue weighted by Crippen LogP contribution is 2.34. The third-order valence-corrected chi connectivity index (χ3v) is 4.58. The van der Waals surface area contributed by atoms with Crippen LogP contribution in [-0.4, -0.2) is 36.9 Å². The summed E-state index contributed by atoms with van der Waals surface area (Å²) in [6.07, 6.45) is 7.67. The number of aromatic amines is 1. The Morgan fingerprint density at radius 3 is 3.04 bits per heavy atom. The third kappa shape index (κ3) is 2.39. The highest BCUT2D eigenvalue weighted by Gasteiger charge is 2.35. The number of imidazole rings is 1. The second-order valence-corrected chi connectivity index (χ2v) is 6.29. The van der Waals surface area contributed by atoms with Crippen molar-refractivity contribution in [3.63, 3.8) is 0 Å². The number of hydrogen-bond donors (Lipinski definition) is 1. The molecule has 0 radical (unpaired) electrons. The van der Waals surface area contributed by atoms with Gasteiger partial charge in [-0.15, -0.1) is 0 Å². The molecule has 4 rings (SSSR count). The molecule has 1 aliphatic heterocycles. The number of carbonyl (C=O) groups excluding carboxylic acids is 1. The minimum atomic E-state index is -0.255. The summed E-state index contributed by atoms with van der Waals surface area (Å²) in [5, 5.41) is 0.552. The number of nitrogens with one attached hydrogen (secondary N) is 1. The predicted octanol–water partition coefficient (Wildman–Crippen LogP) is 2.58. The number of amides is 1. The number of fused-ring (bicyclic) bond motifs is 1. The largest absolute Gasteiger partial charge is 0.348 e. The van der Waals surface area contributed by atoms with Crippen LogP contribution in [0.3, 0.4) is 0 Å². The van der Waals surface area contributed by atoms with E-state index in [4.69, 9.17) is 11.6 Å². The minimum Gasteiger partial charge on any atom is -0.348 e. The molecule has 0 spiro atoms. The van der Waals surface area contributed by atoms with Crippen molar-refractivity contribution in [2.75, 3.05) is 6.54 Å². The van der Waals surface area contributed by atoms with Crippen LogP contribution in [0.2, 0.25) is 5.02 Å². The molecule has 3 aromatic heterocycles. The van der Waals surface area contributed by atoms with E-state index in [2.05, 4.69) is 15.0 Å². The summed E-state index contributed by atoms with van der Waals surface area (Å²) in [5.41, 5.74) is 3.45. The molecule has 0 aromatic carbocycles. The number of carbonyl (C=O) groups is 1. The molecule has 0 saturated carbocycles. The Hall–Kier alpha value is -2.60. The van der Waals surface area contributed by atoms with Crippen molar-refractivity contribution < 1.29 is 4.79 Å². The van der Waals surface area contributed by atoms with Crippen molar-refractivity contribution in [2.24, 2.45) is 7.05 Å². The lowest BCUT2D eigenvalue weighted by Crippen LogP contribution is -2.41. The van der Waals surface area contributed by atoms with Gasteiger partial charge in [0.1, 0.15) is 11.7 Å². The third-order valence-electron chi connectivity index (χ3n) is 4.38. The van der Waals surface area contributed by atoms with Gasteiger partial charge in [-0.1, -0.05) is 17.7 Å². The van der Waals surface area contributed by atoms with Gasteiger partial charge in [0.15, 0.2) is 0 Å². The zero-order valence-corrected chi connectivity index (χ0v) is 13.9. The van der Waals surface area contributed by atoms with Crippen LogP contribution in [0.15, 0.2) is 43.1 Å². The van der Waals surface area contributed by atoms with Gasteiger partial charge in [-0.3, -0.25) is 9.78 Å². The normalized spacial score (nSPS) is 16.9. The van der Waals surface area contributed by atoms with E-state index in [1.165, 1.54) is 0 Å². The van der Waals surface area contributed by atoms with E-state index >= 15 is 0 Å². The maximum absolute atomic E-state index is 13.1. The van der Waals surface area contributed by atoms with E-state index in [1.54, 1.807) is 35.6 Å². The van der Waals surface area contributed by atoms with E-state index in [1.807, 2.05) is 24.1 Å². The molecule has 0 aliphatic carbocycles. The Balaban J connectivity index is 1.79. The molecule has 1 amide bonds. The zero-order valence-electron chi connectivity index (χ0n) is 13.1. The Morgan fingerprint density at radius 2 is 2.33 bits per heavy atom. The first-order valence-electron chi connectivity index (χ1n) is 7.70. The van der Waals surface area contributed by atoms with Crippen molar-refractivity contribution in [3.05, 3.63) is 70.8 Å². The average molecular weight is 342 g/mol. The Kier molecular flexibility index (Phi) is 3.61. The number of H-pyrrole nitrogens is 1. The number of aryl methyl sites for hydroxylation is 1. The molecule has 1 unspecified atom stereocenters. The van der Waals surface area contributed by atoms with Gasteiger partial charge in [-0.05, 0) is 17.7 Å². The van der Waals surface area contributed by atoms with Gasteiger partial charge in [-0.2, -0.15) is 0 Å². The summed E-state index contributed by atoms with van der Waals surface area (Å²) < 4.78 is 1.75. The van der Waals surface area contributed by atoms with Crippen LogP contribution in [0.25, 0.3) is 0 Å². The molecular formula is C17H16ClN5O. The van der Waals surface area contributed by atoms with Crippen LogP contribution in [0.5, 0.6) is 0 Å². The van der Waals surface area contributed by atoms with Crippen LogP contribution < -0.4 is 0 Å². The molecule has 24 heavy (non-hydrogen) atoms. The van der Waals surface area contributed by atoms with Gasteiger partial charge in [0.25, 0.3) is 5.91 Å². The first kappa shape index (κ1) is 15.0. The zero-order chi connectivity index (χ0) is 16.7. The number of hydrogen-bond acceptors (Lipinski definition) is 3. The molecule has 1 aliphatic rings. The fourth-order valence-corrected chi connectivity index (χ4v) is 3.50. The van der Waals surface area contributed by atoms with Gasteiger partial charge >= 0.3 is 0 Å². The fourth-order valence-electron chi connectivity index (χ4n) is 3.25. The maximum atomic E-state index is 13.1. The minimum absolute atomic E-state index is 0.0631. The van der Waals surface area contributed by atoms with Gasteiger partial charge in [-0.25, -0.2) is 4.98 Å². The van der Waals surface area contributed by atoms with E-state index in [0.29, 0.717) is 17.3 Å². The van der Waals surface area contributed by atoms with Crippen LogP contribution in [0, 0.1) is 0 Å². The smallest absolute Gasteiger partial charge is 0.271 e. The first-order chi connectivity index (χ1) is 11.6. The number of aromatic nitrogens is 4. The van der Waals surface area contributed by atoms with Crippen molar-refractivity contribution in [3.8, 4) is 0 Å². The Morgan fingerprint density at radius 1 is 1.46 bits per heavy atom.